The largest absolute Gasteiger partial charge is 0.389 e. The van der Waals surface area contributed by atoms with E-state index in [1.807, 2.05) is 0 Å². The second-order valence-electron chi connectivity index (χ2n) is 5.31. The lowest BCUT2D eigenvalue weighted by Gasteiger charge is -2.24. The summed E-state index contributed by atoms with van der Waals surface area (Å²) in [6.45, 7) is 1.74. The Balaban J connectivity index is 1.86. The molecule has 112 valence electrons. The quantitative estimate of drug-likeness (QED) is 0.852. The fourth-order valence-electron chi connectivity index (χ4n) is 2.82. The minimum atomic E-state index is -4.28. The molecule has 0 spiro atoms. The van der Waals surface area contributed by atoms with E-state index in [0.29, 0.717) is 19.0 Å². The van der Waals surface area contributed by atoms with Crippen molar-refractivity contribution in [2.45, 2.75) is 37.9 Å². The zero-order chi connectivity index (χ0) is 14.1. The molecule has 19 heavy (non-hydrogen) atoms. The van der Waals surface area contributed by atoms with Crippen LogP contribution in [-0.4, -0.2) is 50.3 Å². The second-order valence-corrected chi connectivity index (χ2v) is 7.40. The Morgan fingerprint density at radius 2 is 2.00 bits per heavy atom. The summed E-state index contributed by atoms with van der Waals surface area (Å²) in [6, 6.07) is 0.172. The Hall–Kier alpha value is -0.340. The van der Waals surface area contributed by atoms with Gasteiger partial charge in [-0.05, 0) is 31.7 Å². The van der Waals surface area contributed by atoms with Gasteiger partial charge in [-0.15, -0.1) is 0 Å². The Labute approximate surface area is 111 Å². The predicted molar refractivity (Wildman–Crippen MR) is 65.2 cm³/mol. The summed E-state index contributed by atoms with van der Waals surface area (Å²) in [5.41, 5.74) is 0. The number of rotatable bonds is 4. The van der Waals surface area contributed by atoms with Gasteiger partial charge in [0.15, 0.2) is 0 Å². The third-order valence-electron chi connectivity index (χ3n) is 3.82. The number of hydrogen-bond donors (Lipinski definition) is 1. The third-order valence-corrected chi connectivity index (χ3v) is 5.71. The Morgan fingerprint density at radius 1 is 1.26 bits per heavy atom. The van der Waals surface area contributed by atoms with Gasteiger partial charge in [0.1, 0.15) is 0 Å². The topological polar surface area (TPSA) is 49.4 Å². The average molecular weight is 300 g/mol. The first-order valence-corrected chi connectivity index (χ1v) is 8.17. The number of fused-ring (bicyclic) bond motifs is 1. The van der Waals surface area contributed by atoms with Crippen molar-refractivity contribution in [2.24, 2.45) is 5.92 Å². The number of nitrogens with one attached hydrogen (secondary N) is 1. The second kappa shape index (κ2) is 5.57. The van der Waals surface area contributed by atoms with Gasteiger partial charge in [0.05, 0.1) is 5.75 Å². The molecule has 2 saturated heterocycles. The van der Waals surface area contributed by atoms with Crippen molar-refractivity contribution in [1.82, 2.24) is 9.62 Å². The van der Waals surface area contributed by atoms with Crippen LogP contribution >= 0.6 is 0 Å². The molecular weight excluding hydrogens is 281 g/mol. The van der Waals surface area contributed by atoms with Crippen molar-refractivity contribution in [1.29, 1.82) is 0 Å². The van der Waals surface area contributed by atoms with Crippen LogP contribution < -0.4 is 5.32 Å². The summed E-state index contributed by atoms with van der Waals surface area (Å²) in [5, 5.41) is 3.28. The Kier molecular flexibility index (Phi) is 4.42. The van der Waals surface area contributed by atoms with E-state index in [9.17, 15) is 21.6 Å². The van der Waals surface area contributed by atoms with Crippen LogP contribution in [-0.2, 0) is 10.0 Å². The van der Waals surface area contributed by atoms with E-state index in [1.54, 1.807) is 0 Å². The molecule has 0 aromatic heterocycles. The maximum absolute atomic E-state index is 12.0. The Bertz CT molecular complexity index is 397. The maximum Gasteiger partial charge on any atom is 0.389 e. The highest BCUT2D eigenvalue weighted by Gasteiger charge is 2.39. The summed E-state index contributed by atoms with van der Waals surface area (Å²) in [6.07, 6.45) is -3.65. The van der Waals surface area contributed by atoms with Crippen LogP contribution in [0.3, 0.4) is 0 Å². The molecule has 2 fully saturated rings. The fourth-order valence-corrected chi connectivity index (χ4v) is 4.39. The standard InChI is InChI=1S/C11H19F3N2O2S/c12-11(13,14)4-2-6-19(17,18)16-7-9-3-1-5-15-10(9)8-16/h9-10,15H,1-8H2/t9-,10+/m0/s1. The van der Waals surface area contributed by atoms with Crippen LogP contribution in [0.2, 0.25) is 0 Å². The molecule has 0 saturated carbocycles. The van der Waals surface area contributed by atoms with E-state index in [-0.39, 0.29) is 12.5 Å². The molecule has 0 unspecified atom stereocenters. The van der Waals surface area contributed by atoms with Gasteiger partial charge >= 0.3 is 6.18 Å². The first-order chi connectivity index (χ1) is 8.78. The molecule has 0 aromatic carbocycles. The monoisotopic (exact) mass is 300 g/mol. The highest BCUT2D eigenvalue weighted by molar-refractivity contribution is 7.89. The van der Waals surface area contributed by atoms with Crippen LogP contribution in [0.4, 0.5) is 13.2 Å². The lowest BCUT2D eigenvalue weighted by molar-refractivity contribution is -0.134. The number of alkyl halides is 3. The molecule has 0 bridgehead atoms. The molecule has 2 rings (SSSR count). The molecule has 2 atom stereocenters. The van der Waals surface area contributed by atoms with Crippen molar-refractivity contribution in [3.05, 3.63) is 0 Å². The number of halogens is 3. The van der Waals surface area contributed by atoms with Gasteiger partial charge in [0.2, 0.25) is 10.0 Å². The molecule has 1 N–H and O–H groups in total. The first kappa shape index (κ1) is 15.1. The summed E-state index contributed by atoms with van der Waals surface area (Å²) < 4.78 is 61.4. The maximum atomic E-state index is 12.0. The first-order valence-electron chi connectivity index (χ1n) is 6.56. The van der Waals surface area contributed by atoms with E-state index in [0.717, 1.165) is 19.4 Å². The van der Waals surface area contributed by atoms with Gasteiger partial charge in [-0.25, -0.2) is 12.7 Å². The van der Waals surface area contributed by atoms with Gasteiger partial charge in [-0.1, -0.05) is 0 Å². The van der Waals surface area contributed by atoms with Gasteiger partial charge in [0.25, 0.3) is 0 Å². The van der Waals surface area contributed by atoms with Gasteiger partial charge in [-0.2, -0.15) is 13.2 Å². The molecule has 2 heterocycles. The van der Waals surface area contributed by atoms with Crippen molar-refractivity contribution >= 4 is 10.0 Å². The van der Waals surface area contributed by atoms with Crippen molar-refractivity contribution in [3.63, 3.8) is 0 Å². The highest BCUT2D eigenvalue weighted by Crippen LogP contribution is 2.28. The van der Waals surface area contributed by atoms with Crippen molar-refractivity contribution in [3.8, 4) is 0 Å². The third kappa shape index (κ3) is 4.06. The summed E-state index contributed by atoms with van der Waals surface area (Å²) in [4.78, 5) is 0. The van der Waals surface area contributed by atoms with Crippen LogP contribution in [0.5, 0.6) is 0 Å². The number of sulfonamides is 1. The average Bonchev–Trinajstić information content (AvgIpc) is 2.71. The Morgan fingerprint density at radius 3 is 2.63 bits per heavy atom. The predicted octanol–water partition coefficient (Wildman–Crippen LogP) is 1.34. The molecule has 0 aromatic rings. The van der Waals surface area contributed by atoms with E-state index in [4.69, 9.17) is 0 Å². The summed E-state index contributed by atoms with van der Waals surface area (Å²) in [5.74, 6) is -0.0995. The van der Waals surface area contributed by atoms with Gasteiger partial charge < -0.3 is 5.32 Å². The van der Waals surface area contributed by atoms with E-state index in [1.165, 1.54) is 4.31 Å². The molecule has 0 aliphatic carbocycles. The molecule has 2 aliphatic rings. The molecule has 0 amide bonds. The van der Waals surface area contributed by atoms with E-state index >= 15 is 0 Å². The van der Waals surface area contributed by atoms with Gasteiger partial charge in [-0.3, -0.25) is 0 Å². The summed E-state index contributed by atoms with van der Waals surface area (Å²) >= 11 is 0. The van der Waals surface area contributed by atoms with Crippen molar-refractivity contribution in [2.75, 3.05) is 25.4 Å². The molecule has 4 nitrogen and oxygen atoms in total. The van der Waals surface area contributed by atoms with Crippen molar-refractivity contribution < 1.29 is 21.6 Å². The molecule has 8 heteroatoms. The van der Waals surface area contributed by atoms with Crippen LogP contribution in [0, 0.1) is 5.92 Å². The zero-order valence-corrected chi connectivity index (χ0v) is 11.4. The highest BCUT2D eigenvalue weighted by atomic mass is 32.2. The lowest BCUT2D eigenvalue weighted by Crippen LogP contribution is -2.41. The number of piperidine rings is 1. The van der Waals surface area contributed by atoms with E-state index < -0.39 is 28.4 Å². The fraction of sp³-hybridized carbons (Fsp3) is 1.00. The van der Waals surface area contributed by atoms with Gasteiger partial charge in [0, 0.05) is 25.6 Å². The zero-order valence-electron chi connectivity index (χ0n) is 10.6. The molecular formula is C11H19F3N2O2S. The molecule has 0 radical (unpaired) electrons. The number of nitrogens with zero attached hydrogens (tertiary/aromatic N) is 1. The minimum Gasteiger partial charge on any atom is -0.312 e. The normalized spacial score (nSPS) is 29.4. The van der Waals surface area contributed by atoms with Crippen LogP contribution in [0.15, 0.2) is 0 Å². The minimum absolute atomic E-state index is 0.172. The lowest BCUT2D eigenvalue weighted by atomic mass is 9.94. The number of hydrogen-bond acceptors (Lipinski definition) is 3. The van der Waals surface area contributed by atoms with Crippen LogP contribution in [0.1, 0.15) is 25.7 Å². The molecule has 2 aliphatic heterocycles. The van der Waals surface area contributed by atoms with E-state index in [2.05, 4.69) is 5.32 Å². The smallest absolute Gasteiger partial charge is 0.312 e. The van der Waals surface area contributed by atoms with Crippen LogP contribution in [0.25, 0.3) is 0 Å². The summed E-state index contributed by atoms with van der Waals surface area (Å²) in [7, 11) is -3.55. The SMILES string of the molecule is O=S(=O)(CCCC(F)(F)F)N1C[C@@H]2CCCN[C@@H]2C1.